The number of fused-ring (bicyclic) bond motifs is 1. The molecule has 198 valence electrons. The molecule has 7 nitrogen and oxygen atoms in total. The van der Waals surface area contributed by atoms with Gasteiger partial charge in [0.25, 0.3) is 0 Å². The Bertz CT molecular complexity index is 1310. The van der Waals surface area contributed by atoms with Gasteiger partial charge in [-0.3, -0.25) is 24.3 Å². The highest BCUT2D eigenvalue weighted by Crippen LogP contribution is 2.45. The fraction of sp³-hybridized carbons (Fsp3) is 0.586. The first-order valence-electron chi connectivity index (χ1n) is 13.8. The van der Waals surface area contributed by atoms with Gasteiger partial charge >= 0.3 is 0 Å². The largest absolute Gasteiger partial charge is 0.296 e. The van der Waals surface area contributed by atoms with Crippen molar-refractivity contribution >= 4 is 30.8 Å². The lowest BCUT2D eigenvalue weighted by atomic mass is 9.87. The smallest absolute Gasteiger partial charge is 0.228 e. The number of amides is 2. The molecule has 2 fully saturated rings. The van der Waals surface area contributed by atoms with Crippen molar-refractivity contribution in [2.45, 2.75) is 102 Å². The van der Waals surface area contributed by atoms with Crippen LogP contribution >= 0.6 is 0 Å². The third kappa shape index (κ3) is 5.04. The van der Waals surface area contributed by atoms with Crippen LogP contribution in [0.1, 0.15) is 77.1 Å². The minimum Gasteiger partial charge on any atom is -0.296 e. The predicted octanol–water partition coefficient (Wildman–Crippen LogP) is 6.43. The number of carbonyl (C=O) groups excluding carboxylic acids is 2. The fourth-order valence-electron chi connectivity index (χ4n) is 6.14. The SMILES string of the molecule is Cc1nn(C2CC(=O)NC(=O)C2)c2cccc(-c3cnn(C4CCC(C[Si](C)(C)C(C)(C)C)CC4)c3)c12. The molecule has 3 heterocycles. The molecule has 37 heavy (non-hydrogen) atoms. The Morgan fingerprint density at radius 3 is 2.35 bits per heavy atom. The highest BCUT2D eigenvalue weighted by Gasteiger charge is 2.38. The van der Waals surface area contributed by atoms with E-state index in [1.807, 2.05) is 29.9 Å². The molecule has 0 radical (unpaired) electrons. The number of imide groups is 1. The van der Waals surface area contributed by atoms with Crippen molar-refractivity contribution in [1.29, 1.82) is 0 Å². The maximum atomic E-state index is 12.0. The first-order valence-corrected chi connectivity index (χ1v) is 17.0. The summed E-state index contributed by atoms with van der Waals surface area (Å²) in [4.78, 5) is 24.0. The Morgan fingerprint density at radius 1 is 1.03 bits per heavy atom. The van der Waals surface area contributed by atoms with E-state index in [2.05, 4.69) is 56.1 Å². The van der Waals surface area contributed by atoms with Crippen LogP contribution in [0.4, 0.5) is 0 Å². The standard InChI is InChI=1S/C29H41N5O2Si/c1-19-28-24(8-7-9-25(28)34(32-19)23-14-26(35)31-27(36)15-23)21-16-30-33(17-21)22-12-10-20(11-13-22)18-37(5,6)29(2,3)4/h7-9,16-17,20,22-23H,10-15,18H2,1-6H3,(H,31,35,36). The van der Waals surface area contributed by atoms with Crippen LogP contribution < -0.4 is 5.32 Å². The van der Waals surface area contributed by atoms with Crippen LogP contribution in [0, 0.1) is 12.8 Å². The van der Waals surface area contributed by atoms with Gasteiger partial charge in [0.15, 0.2) is 0 Å². The molecule has 2 aliphatic rings. The summed E-state index contributed by atoms with van der Waals surface area (Å²) in [5, 5.41) is 13.5. The van der Waals surface area contributed by atoms with Crippen molar-refractivity contribution in [1.82, 2.24) is 24.9 Å². The lowest BCUT2D eigenvalue weighted by molar-refractivity contribution is -0.134. The third-order valence-electron chi connectivity index (χ3n) is 9.31. The molecule has 1 aromatic carbocycles. The lowest BCUT2D eigenvalue weighted by Crippen LogP contribution is -2.39. The van der Waals surface area contributed by atoms with E-state index >= 15 is 0 Å². The maximum Gasteiger partial charge on any atom is 0.228 e. The van der Waals surface area contributed by atoms with Crippen LogP contribution in [0.5, 0.6) is 0 Å². The maximum absolute atomic E-state index is 12.0. The number of aryl methyl sites for hydroxylation is 1. The van der Waals surface area contributed by atoms with Crippen molar-refractivity contribution in [2.24, 2.45) is 5.92 Å². The summed E-state index contributed by atoms with van der Waals surface area (Å²) in [6, 6.07) is 7.81. The van der Waals surface area contributed by atoms with Crippen LogP contribution in [0.3, 0.4) is 0 Å². The first kappa shape index (κ1) is 25.9. The minimum atomic E-state index is -1.25. The second kappa shape index (κ2) is 9.53. The topological polar surface area (TPSA) is 81.8 Å². The van der Waals surface area contributed by atoms with E-state index in [1.165, 1.54) is 31.7 Å². The van der Waals surface area contributed by atoms with E-state index in [-0.39, 0.29) is 30.7 Å². The second-order valence-corrected chi connectivity index (χ2v) is 18.7. The van der Waals surface area contributed by atoms with Gasteiger partial charge in [-0.05, 0) is 55.2 Å². The summed E-state index contributed by atoms with van der Waals surface area (Å²) in [7, 11) is -1.25. The van der Waals surface area contributed by atoms with Crippen molar-refractivity contribution in [3.05, 3.63) is 36.3 Å². The van der Waals surface area contributed by atoms with Gasteiger partial charge in [0.1, 0.15) is 0 Å². The van der Waals surface area contributed by atoms with E-state index in [4.69, 9.17) is 10.2 Å². The van der Waals surface area contributed by atoms with Gasteiger partial charge in [0.05, 0.1) is 37.6 Å². The highest BCUT2D eigenvalue weighted by molar-refractivity contribution is 6.80. The van der Waals surface area contributed by atoms with Crippen molar-refractivity contribution in [3.63, 3.8) is 0 Å². The van der Waals surface area contributed by atoms with Crippen molar-refractivity contribution in [3.8, 4) is 11.1 Å². The zero-order chi connectivity index (χ0) is 26.5. The molecule has 1 aliphatic heterocycles. The minimum absolute atomic E-state index is 0.237. The molecule has 5 rings (SSSR count). The summed E-state index contributed by atoms with van der Waals surface area (Å²) in [6.07, 6.45) is 9.68. The molecule has 8 heteroatoms. The molecule has 1 saturated carbocycles. The zero-order valence-electron chi connectivity index (χ0n) is 23.2. The number of hydrogen-bond donors (Lipinski definition) is 1. The van der Waals surface area contributed by atoms with Gasteiger partial charge in [-0.1, -0.05) is 52.0 Å². The molecular weight excluding hydrogens is 478 g/mol. The third-order valence-corrected chi connectivity index (χ3v) is 15.0. The summed E-state index contributed by atoms with van der Waals surface area (Å²) >= 11 is 0. The molecule has 2 aromatic heterocycles. The number of aromatic nitrogens is 4. The van der Waals surface area contributed by atoms with E-state index in [0.717, 1.165) is 33.6 Å². The average molecular weight is 520 g/mol. The molecule has 1 N–H and O–H groups in total. The normalized spacial score (nSPS) is 22.0. The Labute approximate surface area is 221 Å². The first-order chi connectivity index (χ1) is 17.4. The molecule has 0 bridgehead atoms. The average Bonchev–Trinajstić information content (AvgIpc) is 3.43. The number of rotatable bonds is 5. The number of benzene rings is 1. The number of carbonyl (C=O) groups is 2. The van der Waals surface area contributed by atoms with Crippen LogP contribution in [0.15, 0.2) is 30.6 Å². The summed E-state index contributed by atoms with van der Waals surface area (Å²) in [5.74, 6) is 0.376. The van der Waals surface area contributed by atoms with Crippen molar-refractivity contribution in [2.75, 3.05) is 0 Å². The number of piperidine rings is 1. The molecule has 0 unspecified atom stereocenters. The van der Waals surface area contributed by atoms with Gasteiger partial charge in [-0.2, -0.15) is 10.2 Å². The molecule has 0 spiro atoms. The predicted molar refractivity (Wildman–Crippen MR) is 150 cm³/mol. The van der Waals surface area contributed by atoms with Gasteiger partial charge in [0, 0.05) is 30.0 Å². The van der Waals surface area contributed by atoms with Gasteiger partial charge in [-0.25, -0.2) is 0 Å². The van der Waals surface area contributed by atoms with Gasteiger partial charge < -0.3 is 0 Å². The van der Waals surface area contributed by atoms with Gasteiger partial charge in [0.2, 0.25) is 11.8 Å². The zero-order valence-corrected chi connectivity index (χ0v) is 24.2. The van der Waals surface area contributed by atoms with E-state index < -0.39 is 8.07 Å². The fourth-order valence-corrected chi connectivity index (χ4v) is 8.61. The van der Waals surface area contributed by atoms with E-state index in [0.29, 0.717) is 11.1 Å². The molecule has 1 aliphatic carbocycles. The summed E-state index contributed by atoms with van der Waals surface area (Å²) in [6.45, 7) is 14.4. The van der Waals surface area contributed by atoms with Crippen LogP contribution in [-0.2, 0) is 9.59 Å². The van der Waals surface area contributed by atoms with Crippen LogP contribution in [0.2, 0.25) is 24.2 Å². The molecule has 1 saturated heterocycles. The number of hydrogen-bond acceptors (Lipinski definition) is 4. The number of nitrogens with one attached hydrogen (secondary N) is 1. The summed E-state index contributed by atoms with van der Waals surface area (Å²) in [5.41, 5.74) is 4.06. The molecule has 2 amide bonds. The lowest BCUT2D eigenvalue weighted by Gasteiger charge is -2.41. The Morgan fingerprint density at radius 2 is 1.70 bits per heavy atom. The Balaban J connectivity index is 1.34. The van der Waals surface area contributed by atoms with Crippen LogP contribution in [-0.4, -0.2) is 39.4 Å². The number of nitrogens with zero attached hydrogens (tertiary/aromatic N) is 4. The van der Waals surface area contributed by atoms with Crippen LogP contribution in [0.25, 0.3) is 22.0 Å². The van der Waals surface area contributed by atoms with Gasteiger partial charge in [-0.15, -0.1) is 0 Å². The second-order valence-electron chi connectivity index (χ2n) is 13.0. The summed E-state index contributed by atoms with van der Waals surface area (Å²) < 4.78 is 4.06. The molecule has 3 aromatic rings. The Kier molecular flexibility index (Phi) is 6.67. The monoisotopic (exact) mass is 519 g/mol. The Hall–Kier alpha value is -2.74. The van der Waals surface area contributed by atoms with E-state index in [1.54, 1.807) is 0 Å². The highest BCUT2D eigenvalue weighted by atomic mass is 28.3. The van der Waals surface area contributed by atoms with E-state index in [9.17, 15) is 9.59 Å². The molecule has 0 atom stereocenters. The quantitative estimate of drug-likeness (QED) is 0.311. The molecular formula is C29H41N5O2Si. The van der Waals surface area contributed by atoms with Crippen molar-refractivity contribution < 1.29 is 9.59 Å².